The molecule has 2 aromatic heterocycles. The number of thioether (sulfide) groups is 1. The second-order valence-electron chi connectivity index (χ2n) is 6.48. The van der Waals surface area contributed by atoms with Crippen LogP contribution in [0, 0.1) is 11.3 Å². The first kappa shape index (κ1) is 18.0. The number of allylic oxidation sites excluding steroid dienone is 1. The number of para-hydroxylation sites is 1. The van der Waals surface area contributed by atoms with E-state index < -0.39 is 0 Å². The van der Waals surface area contributed by atoms with E-state index in [0.29, 0.717) is 10.9 Å². The summed E-state index contributed by atoms with van der Waals surface area (Å²) in [6.07, 6.45) is 2.33. The van der Waals surface area contributed by atoms with Gasteiger partial charge in [0.1, 0.15) is 28.2 Å². The van der Waals surface area contributed by atoms with Gasteiger partial charge in [-0.3, -0.25) is 0 Å². The average molecular weight is 398 g/mol. The van der Waals surface area contributed by atoms with E-state index in [1.807, 2.05) is 31.2 Å². The fourth-order valence-corrected chi connectivity index (χ4v) is 4.89. The van der Waals surface area contributed by atoms with Crippen LogP contribution in [0.15, 0.2) is 35.2 Å². The van der Waals surface area contributed by atoms with Gasteiger partial charge in [0.25, 0.3) is 0 Å². The van der Waals surface area contributed by atoms with E-state index in [-0.39, 0.29) is 16.6 Å². The van der Waals surface area contributed by atoms with E-state index in [2.05, 4.69) is 32.7 Å². The summed E-state index contributed by atoms with van der Waals surface area (Å²) in [5, 5.41) is 30.0. The molecule has 1 unspecified atom stereocenters. The second-order valence-corrected chi connectivity index (χ2v) is 8.82. The topological polar surface area (TPSA) is 87.6 Å². The predicted octanol–water partition coefficient (Wildman–Crippen LogP) is 4.76. The molecule has 2 heterocycles. The van der Waals surface area contributed by atoms with Gasteiger partial charge in [0.15, 0.2) is 5.16 Å². The van der Waals surface area contributed by atoms with Crippen LogP contribution in [-0.4, -0.2) is 30.1 Å². The van der Waals surface area contributed by atoms with Crippen LogP contribution in [0.3, 0.4) is 0 Å². The summed E-state index contributed by atoms with van der Waals surface area (Å²) in [7, 11) is 0. The van der Waals surface area contributed by atoms with Crippen LogP contribution in [0.5, 0.6) is 0 Å². The van der Waals surface area contributed by atoms with Crippen LogP contribution in [0.4, 0.5) is 0 Å². The highest BCUT2D eigenvalue weighted by Crippen LogP contribution is 2.41. The standard InChI is InChI=1S/C19H19N5OS2/c1-3-24-17(12-8-9-12)22-23-19(24)26-11(2)16(25)13(10-20)18-21-14-6-4-5-7-15(14)27-18/h4-7,11-12,25H,3,8-9H2,1-2H3/b16-13-. The molecule has 1 fully saturated rings. The smallest absolute Gasteiger partial charge is 0.191 e. The molecule has 3 aromatic rings. The van der Waals surface area contributed by atoms with Crippen LogP contribution in [-0.2, 0) is 6.54 Å². The molecule has 0 saturated heterocycles. The molecule has 0 bridgehead atoms. The number of aliphatic hydroxyl groups excluding tert-OH is 1. The number of hydrogen-bond donors (Lipinski definition) is 1. The van der Waals surface area contributed by atoms with Crippen molar-refractivity contribution in [3.05, 3.63) is 40.9 Å². The van der Waals surface area contributed by atoms with Crippen molar-refractivity contribution >= 4 is 38.9 Å². The van der Waals surface area contributed by atoms with Gasteiger partial charge < -0.3 is 9.67 Å². The first-order valence-electron chi connectivity index (χ1n) is 8.91. The minimum atomic E-state index is -0.326. The molecule has 0 aliphatic heterocycles. The molecule has 0 radical (unpaired) electrons. The number of thiazole rings is 1. The summed E-state index contributed by atoms with van der Waals surface area (Å²) in [5.41, 5.74) is 1.05. The Morgan fingerprint density at radius 3 is 2.85 bits per heavy atom. The lowest BCUT2D eigenvalue weighted by molar-refractivity contribution is 0.402. The van der Waals surface area contributed by atoms with Crippen molar-refractivity contribution in [3.63, 3.8) is 0 Å². The molecule has 1 N–H and O–H groups in total. The number of hydrogen-bond acceptors (Lipinski definition) is 7. The second kappa shape index (κ2) is 7.33. The van der Waals surface area contributed by atoms with Crippen LogP contribution in [0.1, 0.15) is 43.4 Å². The highest BCUT2D eigenvalue weighted by atomic mass is 32.2. The fourth-order valence-electron chi connectivity index (χ4n) is 2.94. The lowest BCUT2D eigenvalue weighted by Crippen LogP contribution is -2.08. The van der Waals surface area contributed by atoms with Crippen molar-refractivity contribution in [2.75, 3.05) is 0 Å². The number of aromatic nitrogens is 4. The van der Waals surface area contributed by atoms with E-state index in [1.54, 1.807) is 0 Å². The van der Waals surface area contributed by atoms with Crippen LogP contribution in [0.25, 0.3) is 15.8 Å². The summed E-state index contributed by atoms with van der Waals surface area (Å²) < 4.78 is 3.10. The van der Waals surface area contributed by atoms with E-state index in [0.717, 1.165) is 27.7 Å². The Morgan fingerprint density at radius 2 is 2.19 bits per heavy atom. The molecule has 8 heteroatoms. The molecule has 27 heavy (non-hydrogen) atoms. The van der Waals surface area contributed by atoms with Crippen LogP contribution >= 0.6 is 23.1 Å². The van der Waals surface area contributed by atoms with E-state index in [9.17, 15) is 10.4 Å². The molecule has 0 amide bonds. The lowest BCUT2D eigenvalue weighted by atomic mass is 10.2. The molecule has 0 spiro atoms. The Kier molecular flexibility index (Phi) is 4.89. The van der Waals surface area contributed by atoms with Gasteiger partial charge in [0.2, 0.25) is 0 Å². The van der Waals surface area contributed by atoms with E-state index in [4.69, 9.17) is 0 Å². The molecule has 4 rings (SSSR count). The SMILES string of the molecule is CCn1c(SC(C)/C(O)=C(\C#N)c2nc3ccccc3s2)nnc1C1CC1. The van der Waals surface area contributed by atoms with Gasteiger partial charge >= 0.3 is 0 Å². The maximum absolute atomic E-state index is 10.8. The maximum atomic E-state index is 10.8. The van der Waals surface area contributed by atoms with Crippen molar-refractivity contribution in [1.29, 1.82) is 5.26 Å². The third-order valence-electron chi connectivity index (χ3n) is 4.55. The summed E-state index contributed by atoms with van der Waals surface area (Å²) in [6, 6.07) is 9.85. The third-order valence-corrected chi connectivity index (χ3v) is 6.69. The highest BCUT2D eigenvalue weighted by Gasteiger charge is 2.30. The molecular formula is C19H19N5OS2. The minimum absolute atomic E-state index is 0.0279. The Bertz CT molecular complexity index is 1020. The number of benzene rings is 1. The largest absolute Gasteiger partial charge is 0.510 e. The van der Waals surface area contributed by atoms with E-state index >= 15 is 0 Å². The van der Waals surface area contributed by atoms with Crippen molar-refractivity contribution in [3.8, 4) is 6.07 Å². The van der Waals surface area contributed by atoms with Crippen LogP contribution < -0.4 is 0 Å². The van der Waals surface area contributed by atoms with Gasteiger partial charge in [0.05, 0.1) is 15.5 Å². The number of rotatable bonds is 6. The monoisotopic (exact) mass is 397 g/mol. The molecule has 1 aliphatic carbocycles. The minimum Gasteiger partial charge on any atom is -0.510 e. The van der Waals surface area contributed by atoms with Gasteiger partial charge in [-0.15, -0.1) is 21.5 Å². The zero-order chi connectivity index (χ0) is 19.0. The van der Waals surface area contributed by atoms with Gasteiger partial charge in [0, 0.05) is 12.5 Å². The predicted molar refractivity (Wildman–Crippen MR) is 108 cm³/mol. The first-order valence-corrected chi connectivity index (χ1v) is 10.6. The summed E-state index contributed by atoms with van der Waals surface area (Å²) >= 11 is 2.83. The summed E-state index contributed by atoms with van der Waals surface area (Å²) in [5.74, 6) is 1.58. The molecule has 6 nitrogen and oxygen atoms in total. The number of aliphatic hydroxyl groups is 1. The highest BCUT2D eigenvalue weighted by molar-refractivity contribution is 7.99. The Hall–Kier alpha value is -2.37. The summed E-state index contributed by atoms with van der Waals surface area (Å²) in [4.78, 5) is 4.50. The van der Waals surface area contributed by atoms with Gasteiger partial charge in [-0.25, -0.2) is 4.98 Å². The van der Waals surface area contributed by atoms with Gasteiger partial charge in [-0.05, 0) is 38.8 Å². The van der Waals surface area contributed by atoms with Crippen molar-refractivity contribution in [1.82, 2.24) is 19.7 Å². The van der Waals surface area contributed by atoms with Crippen molar-refractivity contribution in [2.24, 2.45) is 0 Å². The number of nitrogens with zero attached hydrogens (tertiary/aromatic N) is 5. The zero-order valence-corrected chi connectivity index (χ0v) is 16.7. The van der Waals surface area contributed by atoms with E-state index in [1.165, 1.54) is 35.9 Å². The average Bonchev–Trinajstić information content (AvgIpc) is 3.30. The third kappa shape index (κ3) is 3.45. The molecule has 1 saturated carbocycles. The molecule has 1 aromatic carbocycles. The Labute approximate surface area is 165 Å². The Morgan fingerprint density at radius 1 is 1.41 bits per heavy atom. The van der Waals surface area contributed by atoms with Gasteiger partial charge in [-0.2, -0.15) is 5.26 Å². The quantitative estimate of drug-likeness (QED) is 0.367. The van der Waals surface area contributed by atoms with Gasteiger partial charge in [-0.1, -0.05) is 23.9 Å². The lowest BCUT2D eigenvalue weighted by Gasteiger charge is -2.12. The Balaban J connectivity index is 1.63. The number of fused-ring (bicyclic) bond motifs is 1. The molecule has 1 atom stereocenters. The van der Waals surface area contributed by atoms with Crippen molar-refractivity contribution < 1.29 is 5.11 Å². The van der Waals surface area contributed by atoms with Crippen molar-refractivity contribution in [2.45, 2.75) is 49.6 Å². The molecular weight excluding hydrogens is 378 g/mol. The fraction of sp³-hybridized carbons (Fsp3) is 0.368. The molecule has 138 valence electrons. The maximum Gasteiger partial charge on any atom is 0.191 e. The zero-order valence-electron chi connectivity index (χ0n) is 15.1. The number of nitriles is 1. The summed E-state index contributed by atoms with van der Waals surface area (Å²) in [6.45, 7) is 4.74. The van der Waals surface area contributed by atoms with Crippen LogP contribution in [0.2, 0.25) is 0 Å². The normalized spacial score (nSPS) is 16.2. The molecule has 1 aliphatic rings. The first-order chi connectivity index (χ1) is 13.1.